The Morgan fingerprint density at radius 2 is 2.00 bits per heavy atom. The van der Waals surface area contributed by atoms with Crippen LogP contribution in [0.3, 0.4) is 0 Å². The smallest absolute Gasteiger partial charge is 0.222 e. The van der Waals surface area contributed by atoms with Gasteiger partial charge in [0.15, 0.2) is 5.96 Å². The van der Waals surface area contributed by atoms with Crippen molar-refractivity contribution in [1.29, 1.82) is 0 Å². The van der Waals surface area contributed by atoms with E-state index >= 15 is 0 Å². The van der Waals surface area contributed by atoms with Gasteiger partial charge in [-0.3, -0.25) is 9.79 Å². The van der Waals surface area contributed by atoms with Gasteiger partial charge in [0.25, 0.3) is 0 Å². The third kappa shape index (κ3) is 5.56. The number of nitrogens with two attached hydrogens (primary N) is 1. The molecule has 1 aliphatic heterocycles. The summed E-state index contributed by atoms with van der Waals surface area (Å²) in [6, 6.07) is 0.385. The Bertz CT molecular complexity index is 363. The molecule has 0 radical (unpaired) electrons. The van der Waals surface area contributed by atoms with Gasteiger partial charge in [-0.15, -0.1) is 0 Å². The molecule has 1 atom stereocenters. The SMILES string of the molecule is CC1CCCN(C(N)=NCCC(=O)NC2CCCCC2)C1. The van der Waals surface area contributed by atoms with Crippen molar-refractivity contribution in [2.24, 2.45) is 16.6 Å². The molecular weight excluding hydrogens is 264 g/mol. The second kappa shape index (κ2) is 8.25. The summed E-state index contributed by atoms with van der Waals surface area (Å²) < 4.78 is 0. The minimum atomic E-state index is 0.116. The van der Waals surface area contributed by atoms with Gasteiger partial charge in [0, 0.05) is 25.6 Å². The van der Waals surface area contributed by atoms with Crippen LogP contribution in [0.1, 0.15) is 58.3 Å². The van der Waals surface area contributed by atoms with E-state index in [4.69, 9.17) is 5.73 Å². The molecule has 0 spiro atoms. The predicted molar refractivity (Wildman–Crippen MR) is 86.1 cm³/mol. The molecule has 0 aromatic rings. The number of nitrogens with zero attached hydrogens (tertiary/aromatic N) is 2. The van der Waals surface area contributed by atoms with E-state index in [9.17, 15) is 4.79 Å². The standard InChI is InChI=1S/C16H30N4O/c1-13-6-5-11-20(12-13)16(17)18-10-9-15(21)19-14-7-3-2-4-8-14/h13-14H,2-12H2,1H3,(H2,17,18)(H,19,21). The highest BCUT2D eigenvalue weighted by molar-refractivity contribution is 5.79. The van der Waals surface area contributed by atoms with E-state index in [-0.39, 0.29) is 5.91 Å². The fourth-order valence-electron chi connectivity index (χ4n) is 3.32. The number of piperidine rings is 1. The molecule has 21 heavy (non-hydrogen) atoms. The van der Waals surface area contributed by atoms with Crippen molar-refractivity contribution in [2.75, 3.05) is 19.6 Å². The fraction of sp³-hybridized carbons (Fsp3) is 0.875. The summed E-state index contributed by atoms with van der Waals surface area (Å²) in [5, 5.41) is 3.12. The van der Waals surface area contributed by atoms with Gasteiger partial charge >= 0.3 is 0 Å². The van der Waals surface area contributed by atoms with Gasteiger partial charge in [-0.05, 0) is 31.6 Å². The number of aliphatic imine (C=N–C) groups is 1. The molecule has 1 heterocycles. The lowest BCUT2D eigenvalue weighted by Gasteiger charge is -2.31. The van der Waals surface area contributed by atoms with Crippen LogP contribution in [0.5, 0.6) is 0 Å². The van der Waals surface area contributed by atoms with E-state index in [2.05, 4.69) is 22.1 Å². The minimum absolute atomic E-state index is 0.116. The van der Waals surface area contributed by atoms with E-state index in [1.165, 1.54) is 32.1 Å². The molecule has 1 saturated carbocycles. The zero-order valence-electron chi connectivity index (χ0n) is 13.3. The van der Waals surface area contributed by atoms with Gasteiger partial charge in [0.05, 0.1) is 6.54 Å². The van der Waals surface area contributed by atoms with Gasteiger partial charge in [-0.1, -0.05) is 26.2 Å². The quantitative estimate of drug-likeness (QED) is 0.614. The van der Waals surface area contributed by atoms with Crippen molar-refractivity contribution in [3.05, 3.63) is 0 Å². The van der Waals surface area contributed by atoms with Crippen LogP contribution in [0.25, 0.3) is 0 Å². The lowest BCUT2D eigenvalue weighted by molar-refractivity contribution is -0.121. The second-order valence-electron chi connectivity index (χ2n) is 6.59. The minimum Gasteiger partial charge on any atom is -0.370 e. The lowest BCUT2D eigenvalue weighted by Crippen LogP contribution is -2.43. The normalized spacial score (nSPS) is 24.9. The summed E-state index contributed by atoms with van der Waals surface area (Å²) in [6.07, 6.45) is 8.94. The Morgan fingerprint density at radius 1 is 1.24 bits per heavy atom. The molecular formula is C16H30N4O. The topological polar surface area (TPSA) is 70.7 Å². The average Bonchev–Trinajstić information content (AvgIpc) is 2.48. The first-order valence-corrected chi connectivity index (χ1v) is 8.49. The summed E-state index contributed by atoms with van der Waals surface area (Å²) in [4.78, 5) is 18.4. The summed E-state index contributed by atoms with van der Waals surface area (Å²) in [5.41, 5.74) is 6.03. The molecule has 0 bridgehead atoms. The third-order valence-electron chi connectivity index (χ3n) is 4.56. The maximum Gasteiger partial charge on any atom is 0.222 e. The van der Waals surface area contributed by atoms with E-state index < -0.39 is 0 Å². The molecule has 1 saturated heterocycles. The number of rotatable bonds is 4. The molecule has 3 N–H and O–H groups in total. The zero-order chi connectivity index (χ0) is 15.1. The van der Waals surface area contributed by atoms with E-state index in [1.54, 1.807) is 0 Å². The number of nitrogens with one attached hydrogen (secondary N) is 1. The maximum atomic E-state index is 11.9. The van der Waals surface area contributed by atoms with Crippen molar-refractivity contribution in [3.8, 4) is 0 Å². The number of guanidine groups is 1. The molecule has 0 aromatic carbocycles. The molecule has 120 valence electrons. The van der Waals surface area contributed by atoms with Crippen molar-refractivity contribution in [2.45, 2.75) is 64.3 Å². The molecule has 0 aromatic heterocycles. The maximum absolute atomic E-state index is 11.9. The van der Waals surface area contributed by atoms with Crippen LogP contribution in [0.15, 0.2) is 4.99 Å². The molecule has 5 heteroatoms. The van der Waals surface area contributed by atoms with E-state index in [0.717, 1.165) is 25.9 Å². The van der Waals surface area contributed by atoms with Gasteiger partial charge in [0.2, 0.25) is 5.91 Å². The predicted octanol–water partition coefficient (Wildman–Crippen LogP) is 1.87. The van der Waals surface area contributed by atoms with Crippen LogP contribution in [-0.4, -0.2) is 42.4 Å². The summed E-state index contributed by atoms with van der Waals surface area (Å²) in [6.45, 7) is 4.73. The molecule has 2 aliphatic rings. The first-order chi connectivity index (χ1) is 10.1. The Morgan fingerprint density at radius 3 is 2.71 bits per heavy atom. The number of hydrogen-bond donors (Lipinski definition) is 2. The Kier molecular flexibility index (Phi) is 6.33. The van der Waals surface area contributed by atoms with Crippen molar-refractivity contribution < 1.29 is 4.79 Å². The fourth-order valence-corrected chi connectivity index (χ4v) is 3.32. The van der Waals surface area contributed by atoms with E-state index in [0.29, 0.717) is 30.9 Å². The highest BCUT2D eigenvalue weighted by atomic mass is 16.1. The number of carbonyl (C=O) groups is 1. The van der Waals surface area contributed by atoms with Gasteiger partial charge < -0.3 is 16.0 Å². The van der Waals surface area contributed by atoms with Crippen LogP contribution in [0, 0.1) is 5.92 Å². The third-order valence-corrected chi connectivity index (χ3v) is 4.56. The number of hydrogen-bond acceptors (Lipinski definition) is 2. The van der Waals surface area contributed by atoms with Crippen LogP contribution in [-0.2, 0) is 4.79 Å². The van der Waals surface area contributed by atoms with Crippen LogP contribution < -0.4 is 11.1 Å². The van der Waals surface area contributed by atoms with E-state index in [1.807, 2.05) is 0 Å². The molecule has 5 nitrogen and oxygen atoms in total. The lowest BCUT2D eigenvalue weighted by atomic mass is 9.95. The molecule has 2 fully saturated rings. The Hall–Kier alpha value is -1.26. The van der Waals surface area contributed by atoms with Crippen molar-refractivity contribution in [3.63, 3.8) is 0 Å². The van der Waals surface area contributed by atoms with Gasteiger partial charge in [0.1, 0.15) is 0 Å². The zero-order valence-corrected chi connectivity index (χ0v) is 13.3. The van der Waals surface area contributed by atoms with Crippen molar-refractivity contribution in [1.82, 2.24) is 10.2 Å². The number of likely N-dealkylation sites (tertiary alicyclic amines) is 1. The molecule has 1 unspecified atom stereocenters. The Balaban J connectivity index is 1.67. The summed E-state index contributed by atoms with van der Waals surface area (Å²) in [7, 11) is 0. The first-order valence-electron chi connectivity index (χ1n) is 8.49. The monoisotopic (exact) mass is 294 g/mol. The largest absolute Gasteiger partial charge is 0.370 e. The summed E-state index contributed by atoms with van der Waals surface area (Å²) in [5.74, 6) is 1.40. The molecule has 2 rings (SSSR count). The average molecular weight is 294 g/mol. The molecule has 1 amide bonds. The Labute approximate surface area is 128 Å². The van der Waals surface area contributed by atoms with Crippen molar-refractivity contribution >= 4 is 11.9 Å². The molecule has 1 aliphatic carbocycles. The highest BCUT2D eigenvalue weighted by Crippen LogP contribution is 2.17. The van der Waals surface area contributed by atoms with Crippen LogP contribution in [0.4, 0.5) is 0 Å². The highest BCUT2D eigenvalue weighted by Gasteiger charge is 2.18. The summed E-state index contributed by atoms with van der Waals surface area (Å²) >= 11 is 0. The van der Waals surface area contributed by atoms with Crippen LogP contribution >= 0.6 is 0 Å². The number of amides is 1. The number of carbonyl (C=O) groups excluding carboxylic acids is 1. The first kappa shape index (κ1) is 16.1. The van der Waals surface area contributed by atoms with Gasteiger partial charge in [-0.25, -0.2) is 0 Å². The van der Waals surface area contributed by atoms with Crippen LogP contribution in [0.2, 0.25) is 0 Å². The van der Waals surface area contributed by atoms with Gasteiger partial charge in [-0.2, -0.15) is 0 Å². The second-order valence-corrected chi connectivity index (χ2v) is 6.59.